The number of hydrogen-bond acceptors (Lipinski definition) is 1. The number of nitrogens with zero attached hydrogens (tertiary/aromatic N) is 1. The molecule has 9 aromatic carbocycles. The molecule has 0 radical (unpaired) electrons. The highest BCUT2D eigenvalue weighted by Crippen LogP contribution is 2.61. The maximum atomic E-state index is 2.47. The zero-order valence-corrected chi connectivity index (χ0v) is 29.8. The Labute approximate surface area is 317 Å². The van der Waals surface area contributed by atoms with E-state index in [1.807, 2.05) is 0 Å². The Morgan fingerprint density at radius 2 is 0.778 bits per heavy atom. The molecule has 0 heterocycles. The highest BCUT2D eigenvalue weighted by Gasteiger charge is 2.48. The number of anilines is 3. The van der Waals surface area contributed by atoms with Crippen molar-refractivity contribution in [1.29, 1.82) is 0 Å². The molecule has 0 atom stereocenters. The van der Waals surface area contributed by atoms with Gasteiger partial charge >= 0.3 is 0 Å². The zero-order chi connectivity index (χ0) is 35.9. The molecule has 1 aliphatic rings. The van der Waals surface area contributed by atoms with Crippen molar-refractivity contribution in [3.63, 3.8) is 0 Å². The SMILES string of the molecule is c1ccc(-c2ccc(N(c3ccc(-c4ccccc4)cc3)c3cc4ccccc4c4c3-c3ccccc3C4(c3ccccc3)c3ccccc3)cc2)cc1. The molecular formula is C53H37N. The van der Waals surface area contributed by atoms with Crippen LogP contribution in [0.15, 0.2) is 224 Å². The molecule has 0 saturated carbocycles. The summed E-state index contributed by atoms with van der Waals surface area (Å²) in [5.74, 6) is 0. The van der Waals surface area contributed by atoms with Crippen LogP contribution in [0.5, 0.6) is 0 Å². The fourth-order valence-electron chi connectivity index (χ4n) is 8.77. The Morgan fingerprint density at radius 1 is 0.352 bits per heavy atom. The number of hydrogen-bond donors (Lipinski definition) is 0. The minimum Gasteiger partial charge on any atom is -0.310 e. The average Bonchev–Trinajstić information content (AvgIpc) is 3.58. The van der Waals surface area contributed by atoms with Gasteiger partial charge in [0.15, 0.2) is 0 Å². The fraction of sp³-hybridized carbons (Fsp3) is 0.0189. The van der Waals surface area contributed by atoms with E-state index in [1.54, 1.807) is 0 Å². The molecule has 0 aromatic heterocycles. The maximum absolute atomic E-state index is 2.47. The molecule has 0 fully saturated rings. The van der Waals surface area contributed by atoms with Gasteiger partial charge in [0.1, 0.15) is 0 Å². The monoisotopic (exact) mass is 687 g/mol. The van der Waals surface area contributed by atoms with Crippen molar-refractivity contribution >= 4 is 27.8 Å². The largest absolute Gasteiger partial charge is 0.310 e. The van der Waals surface area contributed by atoms with Gasteiger partial charge in [-0.25, -0.2) is 0 Å². The van der Waals surface area contributed by atoms with Crippen LogP contribution in [0.4, 0.5) is 17.1 Å². The second-order valence-electron chi connectivity index (χ2n) is 14.1. The summed E-state index contributed by atoms with van der Waals surface area (Å²) in [7, 11) is 0. The third kappa shape index (κ3) is 5.09. The average molecular weight is 688 g/mol. The smallest absolute Gasteiger partial charge is 0.0720 e. The molecule has 0 saturated heterocycles. The molecule has 1 heteroatoms. The van der Waals surface area contributed by atoms with E-state index in [4.69, 9.17) is 0 Å². The summed E-state index contributed by atoms with van der Waals surface area (Å²) in [6.45, 7) is 0. The van der Waals surface area contributed by atoms with Crippen LogP contribution in [0.2, 0.25) is 0 Å². The highest BCUT2D eigenvalue weighted by molar-refractivity contribution is 6.07. The Morgan fingerprint density at radius 3 is 1.31 bits per heavy atom. The van der Waals surface area contributed by atoms with Gasteiger partial charge in [-0.15, -0.1) is 0 Å². The van der Waals surface area contributed by atoms with E-state index in [-0.39, 0.29) is 0 Å². The summed E-state index contributed by atoms with van der Waals surface area (Å²) in [5, 5.41) is 2.47. The molecule has 9 aromatic rings. The third-order valence-corrected chi connectivity index (χ3v) is 11.1. The predicted octanol–water partition coefficient (Wildman–Crippen LogP) is 14.0. The van der Waals surface area contributed by atoms with Gasteiger partial charge in [0.25, 0.3) is 0 Å². The maximum Gasteiger partial charge on any atom is 0.0720 e. The minimum absolute atomic E-state index is 0.538. The van der Waals surface area contributed by atoms with Crippen LogP contribution in [0.25, 0.3) is 44.2 Å². The van der Waals surface area contributed by atoms with Gasteiger partial charge in [-0.1, -0.05) is 194 Å². The second-order valence-corrected chi connectivity index (χ2v) is 14.1. The van der Waals surface area contributed by atoms with Crippen molar-refractivity contribution in [3.8, 4) is 33.4 Å². The van der Waals surface area contributed by atoms with Crippen molar-refractivity contribution in [2.45, 2.75) is 5.41 Å². The first-order valence-electron chi connectivity index (χ1n) is 18.7. The van der Waals surface area contributed by atoms with Crippen LogP contribution in [0, 0.1) is 0 Å². The lowest BCUT2D eigenvalue weighted by molar-refractivity contribution is 0.775. The van der Waals surface area contributed by atoms with Gasteiger partial charge in [0.05, 0.1) is 11.1 Å². The van der Waals surface area contributed by atoms with Crippen molar-refractivity contribution in [1.82, 2.24) is 0 Å². The van der Waals surface area contributed by atoms with Crippen molar-refractivity contribution in [3.05, 3.63) is 247 Å². The molecular weight excluding hydrogens is 651 g/mol. The summed E-state index contributed by atoms with van der Waals surface area (Å²) in [6, 6.07) is 82.0. The Kier molecular flexibility index (Phi) is 7.78. The second kappa shape index (κ2) is 13.2. The first-order valence-corrected chi connectivity index (χ1v) is 18.7. The lowest BCUT2D eigenvalue weighted by atomic mass is 9.66. The molecule has 1 nitrogen and oxygen atoms in total. The van der Waals surface area contributed by atoms with Crippen LogP contribution in [0.3, 0.4) is 0 Å². The minimum atomic E-state index is -0.538. The number of rotatable bonds is 7. The zero-order valence-electron chi connectivity index (χ0n) is 29.8. The van der Waals surface area contributed by atoms with Gasteiger partial charge in [0, 0.05) is 16.9 Å². The molecule has 54 heavy (non-hydrogen) atoms. The van der Waals surface area contributed by atoms with E-state index >= 15 is 0 Å². The van der Waals surface area contributed by atoms with Crippen molar-refractivity contribution in [2.24, 2.45) is 0 Å². The molecule has 0 amide bonds. The van der Waals surface area contributed by atoms with Crippen LogP contribution in [-0.2, 0) is 5.41 Å². The molecule has 0 spiro atoms. The van der Waals surface area contributed by atoms with Gasteiger partial charge in [-0.3, -0.25) is 0 Å². The Balaban J connectivity index is 1.29. The lowest BCUT2D eigenvalue weighted by Crippen LogP contribution is -2.29. The van der Waals surface area contributed by atoms with Gasteiger partial charge in [-0.05, 0) is 91.2 Å². The van der Waals surface area contributed by atoms with Crippen LogP contribution < -0.4 is 4.90 Å². The van der Waals surface area contributed by atoms with Crippen LogP contribution >= 0.6 is 0 Å². The van der Waals surface area contributed by atoms with E-state index in [0.717, 1.165) is 17.1 Å². The van der Waals surface area contributed by atoms with Gasteiger partial charge in [-0.2, -0.15) is 0 Å². The summed E-state index contributed by atoms with van der Waals surface area (Å²) < 4.78 is 0. The highest BCUT2D eigenvalue weighted by atomic mass is 15.1. The molecule has 0 bridgehead atoms. The summed E-state index contributed by atoms with van der Waals surface area (Å²) >= 11 is 0. The molecule has 254 valence electrons. The summed E-state index contributed by atoms with van der Waals surface area (Å²) in [5.41, 5.74) is 15.3. The quantitative estimate of drug-likeness (QED) is 0.161. The Hall–Kier alpha value is -6.96. The van der Waals surface area contributed by atoms with E-state index in [9.17, 15) is 0 Å². The van der Waals surface area contributed by atoms with E-state index in [0.29, 0.717) is 0 Å². The van der Waals surface area contributed by atoms with E-state index in [2.05, 4.69) is 229 Å². The van der Waals surface area contributed by atoms with Gasteiger partial charge in [0.2, 0.25) is 0 Å². The van der Waals surface area contributed by atoms with E-state index < -0.39 is 5.41 Å². The number of fused-ring (bicyclic) bond motifs is 5. The summed E-state index contributed by atoms with van der Waals surface area (Å²) in [6.07, 6.45) is 0. The summed E-state index contributed by atoms with van der Waals surface area (Å²) in [4.78, 5) is 2.47. The van der Waals surface area contributed by atoms with Crippen LogP contribution in [0.1, 0.15) is 22.3 Å². The van der Waals surface area contributed by atoms with Crippen molar-refractivity contribution < 1.29 is 0 Å². The standard InChI is InChI=1S/C53H37N/c1-5-17-38(18-6-1)40-29-33-45(34-30-40)54(46-35-31-41(32-36-46)39-19-7-2-8-20-39)50-37-42-21-13-14-26-47(42)52-51(50)48-27-15-16-28-49(48)53(52,43-22-9-3-10-23-43)44-24-11-4-12-25-44/h1-37H. The number of benzene rings is 9. The molecule has 0 unspecified atom stereocenters. The van der Waals surface area contributed by atoms with Crippen LogP contribution in [-0.4, -0.2) is 0 Å². The topological polar surface area (TPSA) is 3.24 Å². The molecule has 1 aliphatic carbocycles. The fourth-order valence-corrected chi connectivity index (χ4v) is 8.77. The molecule has 0 aliphatic heterocycles. The van der Waals surface area contributed by atoms with E-state index in [1.165, 1.54) is 66.4 Å². The lowest BCUT2D eigenvalue weighted by Gasteiger charge is -2.35. The molecule has 0 N–H and O–H groups in total. The predicted molar refractivity (Wildman–Crippen MR) is 227 cm³/mol. The third-order valence-electron chi connectivity index (χ3n) is 11.1. The van der Waals surface area contributed by atoms with Gasteiger partial charge < -0.3 is 4.90 Å². The normalized spacial score (nSPS) is 12.6. The first kappa shape index (κ1) is 31.7. The van der Waals surface area contributed by atoms with Crippen molar-refractivity contribution in [2.75, 3.05) is 4.90 Å². The Bertz CT molecular complexity index is 2600. The molecule has 10 rings (SSSR count). The first-order chi connectivity index (χ1) is 26.8.